The predicted octanol–water partition coefficient (Wildman–Crippen LogP) is 2.88. The van der Waals surface area contributed by atoms with E-state index in [2.05, 4.69) is 51.4 Å². The molecule has 28 heavy (non-hydrogen) atoms. The average molecular weight is 389 g/mol. The highest BCUT2D eigenvalue weighted by Crippen LogP contribution is 2.20. The summed E-state index contributed by atoms with van der Waals surface area (Å²) in [6, 6.07) is 8.98. The number of hydrogen-bond donors (Lipinski definition) is 1. The Labute approximate surface area is 169 Å². The number of aliphatic imine (C=N–C) groups is 1. The van der Waals surface area contributed by atoms with Gasteiger partial charge in [0.15, 0.2) is 5.96 Å². The van der Waals surface area contributed by atoms with Crippen LogP contribution >= 0.6 is 0 Å². The molecule has 1 aromatic carbocycles. The maximum absolute atomic E-state index is 5.72. The van der Waals surface area contributed by atoms with Gasteiger partial charge in [0.2, 0.25) is 0 Å². The molecule has 0 radical (unpaired) electrons. The van der Waals surface area contributed by atoms with Gasteiger partial charge in [0.25, 0.3) is 0 Å². The van der Waals surface area contributed by atoms with Crippen molar-refractivity contribution in [3.05, 3.63) is 29.8 Å². The number of nitrogens with one attached hydrogen (secondary N) is 1. The molecule has 1 N–H and O–H groups in total. The number of ether oxygens (including phenoxy) is 2. The molecule has 0 spiro atoms. The lowest BCUT2D eigenvalue weighted by molar-refractivity contribution is 0.0190. The van der Waals surface area contributed by atoms with E-state index in [4.69, 9.17) is 9.47 Å². The summed E-state index contributed by atoms with van der Waals surface area (Å²) in [7, 11) is 3.90. The Balaban J connectivity index is 1.38. The minimum absolute atomic E-state index is 0.287. The number of benzene rings is 1. The number of hydrogen-bond acceptors (Lipinski definition) is 4. The second kappa shape index (κ2) is 11.3. The summed E-state index contributed by atoms with van der Waals surface area (Å²) in [6.45, 7) is 6.18. The topological polar surface area (TPSA) is 49.3 Å². The fraction of sp³-hybridized carbons (Fsp3) is 0.682. The molecular formula is C22H36N4O2. The minimum atomic E-state index is 0.287. The van der Waals surface area contributed by atoms with Crippen molar-refractivity contribution in [2.75, 3.05) is 58.5 Å². The van der Waals surface area contributed by atoms with Crippen LogP contribution in [0.1, 0.15) is 37.7 Å². The first-order chi connectivity index (χ1) is 13.8. The average Bonchev–Trinajstić information content (AvgIpc) is 3.25. The number of anilines is 1. The summed E-state index contributed by atoms with van der Waals surface area (Å²) in [4.78, 5) is 9.04. The van der Waals surface area contributed by atoms with E-state index in [1.165, 1.54) is 43.6 Å². The zero-order chi connectivity index (χ0) is 19.6. The summed E-state index contributed by atoms with van der Waals surface area (Å²) in [5.41, 5.74) is 2.64. The van der Waals surface area contributed by atoms with E-state index < -0.39 is 0 Å². The van der Waals surface area contributed by atoms with Crippen molar-refractivity contribution in [2.45, 2.75) is 44.8 Å². The van der Waals surface area contributed by atoms with Gasteiger partial charge in [0, 0.05) is 52.6 Å². The van der Waals surface area contributed by atoms with Gasteiger partial charge >= 0.3 is 0 Å². The van der Waals surface area contributed by atoms with Gasteiger partial charge in [-0.2, -0.15) is 0 Å². The van der Waals surface area contributed by atoms with Crippen LogP contribution in [0.3, 0.4) is 0 Å². The van der Waals surface area contributed by atoms with Gasteiger partial charge in [-0.05, 0) is 49.8 Å². The molecule has 0 saturated carbocycles. The minimum Gasteiger partial charge on any atom is -0.377 e. The number of nitrogens with zero attached hydrogens (tertiary/aromatic N) is 3. The zero-order valence-electron chi connectivity index (χ0n) is 17.5. The van der Waals surface area contributed by atoms with Gasteiger partial charge in [-0.3, -0.25) is 4.99 Å². The Morgan fingerprint density at radius 1 is 1.21 bits per heavy atom. The molecule has 3 rings (SSSR count). The Hall–Kier alpha value is -1.79. The van der Waals surface area contributed by atoms with E-state index in [9.17, 15) is 0 Å². The van der Waals surface area contributed by atoms with Crippen LogP contribution in [0.25, 0.3) is 0 Å². The van der Waals surface area contributed by atoms with Crippen LogP contribution in [0.4, 0.5) is 5.69 Å². The molecule has 0 bridgehead atoms. The predicted molar refractivity (Wildman–Crippen MR) is 115 cm³/mol. The smallest absolute Gasteiger partial charge is 0.193 e. The first kappa shape index (κ1) is 20.9. The van der Waals surface area contributed by atoms with Crippen molar-refractivity contribution >= 4 is 11.6 Å². The third kappa shape index (κ3) is 6.38. The van der Waals surface area contributed by atoms with Crippen molar-refractivity contribution in [3.63, 3.8) is 0 Å². The molecule has 6 nitrogen and oxygen atoms in total. The number of guanidine groups is 1. The molecule has 0 aromatic heterocycles. The molecule has 2 aliphatic heterocycles. The van der Waals surface area contributed by atoms with E-state index in [0.717, 1.165) is 38.5 Å². The second-order valence-electron chi connectivity index (χ2n) is 7.75. The molecule has 156 valence electrons. The van der Waals surface area contributed by atoms with Crippen LogP contribution in [0, 0.1) is 0 Å². The highest BCUT2D eigenvalue weighted by Gasteiger charge is 2.15. The van der Waals surface area contributed by atoms with E-state index in [1.54, 1.807) is 0 Å². The molecule has 0 aliphatic carbocycles. The third-order valence-electron chi connectivity index (χ3n) is 5.51. The van der Waals surface area contributed by atoms with Crippen LogP contribution in [0.15, 0.2) is 29.3 Å². The maximum Gasteiger partial charge on any atom is 0.193 e. The van der Waals surface area contributed by atoms with Gasteiger partial charge in [-0.1, -0.05) is 12.1 Å². The van der Waals surface area contributed by atoms with E-state index in [1.807, 2.05) is 7.05 Å². The van der Waals surface area contributed by atoms with Crippen LogP contribution in [-0.2, 0) is 16.0 Å². The molecule has 1 unspecified atom stereocenters. The first-order valence-corrected chi connectivity index (χ1v) is 10.7. The maximum atomic E-state index is 5.72. The largest absolute Gasteiger partial charge is 0.377 e. The van der Waals surface area contributed by atoms with E-state index >= 15 is 0 Å². The van der Waals surface area contributed by atoms with Gasteiger partial charge < -0.3 is 24.6 Å². The molecular weight excluding hydrogens is 352 g/mol. The summed E-state index contributed by atoms with van der Waals surface area (Å²) in [5, 5.41) is 3.38. The molecule has 2 fully saturated rings. The van der Waals surface area contributed by atoms with Gasteiger partial charge in [0.1, 0.15) is 0 Å². The Bertz CT molecular complexity index is 593. The second-order valence-corrected chi connectivity index (χ2v) is 7.75. The van der Waals surface area contributed by atoms with Gasteiger partial charge in [0.05, 0.1) is 19.3 Å². The monoisotopic (exact) mass is 388 g/mol. The molecule has 1 atom stereocenters. The van der Waals surface area contributed by atoms with Crippen molar-refractivity contribution < 1.29 is 9.47 Å². The lowest BCUT2D eigenvalue weighted by atomic mass is 10.1. The Morgan fingerprint density at radius 3 is 2.68 bits per heavy atom. The van der Waals surface area contributed by atoms with Crippen LogP contribution in [-0.4, -0.2) is 70.5 Å². The molecule has 0 amide bonds. The summed E-state index contributed by atoms with van der Waals surface area (Å²) < 4.78 is 11.3. The van der Waals surface area contributed by atoms with Crippen molar-refractivity contribution in [3.8, 4) is 0 Å². The molecule has 6 heteroatoms. The van der Waals surface area contributed by atoms with Gasteiger partial charge in [-0.25, -0.2) is 0 Å². The SMILES string of the molecule is CN=C(NCCOCC1CCCO1)N(C)Cc1ccc(N2CCCCC2)cc1. The highest BCUT2D eigenvalue weighted by atomic mass is 16.5. The fourth-order valence-electron chi connectivity index (χ4n) is 3.92. The normalized spacial score (nSPS) is 20.4. The molecule has 2 aliphatic rings. The standard InChI is InChI=1S/C22H36N4O2/c1-23-22(24-12-16-27-18-21-7-6-15-28-21)25(2)17-19-8-10-20(11-9-19)26-13-4-3-5-14-26/h8-11,21H,3-7,12-18H2,1-2H3,(H,23,24). The van der Waals surface area contributed by atoms with Crippen LogP contribution in [0.2, 0.25) is 0 Å². The number of piperidine rings is 1. The third-order valence-corrected chi connectivity index (χ3v) is 5.51. The summed E-state index contributed by atoms with van der Waals surface area (Å²) in [5.74, 6) is 0.890. The summed E-state index contributed by atoms with van der Waals surface area (Å²) in [6.07, 6.45) is 6.55. The zero-order valence-corrected chi connectivity index (χ0v) is 17.5. The number of rotatable bonds is 8. The van der Waals surface area contributed by atoms with Crippen molar-refractivity contribution in [2.24, 2.45) is 4.99 Å². The lowest BCUT2D eigenvalue weighted by Crippen LogP contribution is -2.40. The lowest BCUT2D eigenvalue weighted by Gasteiger charge is -2.29. The fourth-order valence-corrected chi connectivity index (χ4v) is 3.92. The Morgan fingerprint density at radius 2 is 2.00 bits per heavy atom. The van der Waals surface area contributed by atoms with Gasteiger partial charge in [-0.15, -0.1) is 0 Å². The van der Waals surface area contributed by atoms with Crippen LogP contribution < -0.4 is 10.2 Å². The molecule has 2 heterocycles. The van der Waals surface area contributed by atoms with Crippen molar-refractivity contribution in [1.82, 2.24) is 10.2 Å². The van der Waals surface area contributed by atoms with Crippen molar-refractivity contribution in [1.29, 1.82) is 0 Å². The highest BCUT2D eigenvalue weighted by molar-refractivity contribution is 5.79. The van der Waals surface area contributed by atoms with Crippen LogP contribution in [0.5, 0.6) is 0 Å². The quantitative estimate of drug-likeness (QED) is 0.422. The molecule has 2 saturated heterocycles. The Kier molecular flexibility index (Phi) is 8.42. The van der Waals surface area contributed by atoms with E-state index in [-0.39, 0.29) is 6.10 Å². The first-order valence-electron chi connectivity index (χ1n) is 10.7. The summed E-state index contributed by atoms with van der Waals surface area (Å²) >= 11 is 0. The molecule has 1 aromatic rings. The van der Waals surface area contributed by atoms with E-state index in [0.29, 0.717) is 13.2 Å².